The van der Waals surface area contributed by atoms with Gasteiger partial charge in [-0.3, -0.25) is 9.20 Å². The molecule has 3 heterocycles. The average Bonchev–Trinajstić information content (AvgIpc) is 3.35. The summed E-state index contributed by atoms with van der Waals surface area (Å²) >= 11 is 0. The Hall–Kier alpha value is -4.98. The molecule has 3 aromatic rings. The predicted molar refractivity (Wildman–Crippen MR) is 151 cm³/mol. The van der Waals surface area contributed by atoms with Crippen LogP contribution in [0.3, 0.4) is 0 Å². The number of anilines is 1. The van der Waals surface area contributed by atoms with Crippen LogP contribution in [0.15, 0.2) is 58.0 Å². The minimum Gasteiger partial charge on any atom is -0.453 e. The molecule has 0 aliphatic carbocycles. The highest BCUT2D eigenvalue weighted by molar-refractivity contribution is 6.06. The largest absolute Gasteiger partial charge is 0.453 e. The molecule has 0 radical (unpaired) electrons. The highest BCUT2D eigenvalue weighted by atomic mass is 16.6. The zero-order valence-electron chi connectivity index (χ0n) is 22.3. The highest BCUT2D eigenvalue weighted by Crippen LogP contribution is 2.21. The number of methoxy groups -OCH3 is 1. The van der Waals surface area contributed by atoms with E-state index >= 15 is 0 Å². The molecule has 40 heavy (non-hydrogen) atoms. The van der Waals surface area contributed by atoms with Gasteiger partial charge in [0.1, 0.15) is 23.8 Å². The first-order chi connectivity index (χ1) is 19.3. The number of amidine groups is 2. The van der Waals surface area contributed by atoms with E-state index in [1.54, 1.807) is 15.4 Å². The Morgan fingerprint density at radius 3 is 2.77 bits per heavy atom. The van der Waals surface area contributed by atoms with E-state index in [1.165, 1.54) is 13.3 Å². The third-order valence-electron chi connectivity index (χ3n) is 6.42. The first-order valence-corrected chi connectivity index (χ1v) is 12.5. The van der Waals surface area contributed by atoms with Crippen molar-refractivity contribution in [3.05, 3.63) is 65.1 Å². The number of likely N-dealkylation sites (tertiary alicyclic amines) is 1. The van der Waals surface area contributed by atoms with E-state index < -0.39 is 0 Å². The molecular weight excluding hydrogens is 516 g/mol. The normalized spacial score (nSPS) is 14.0. The number of hydrogen-bond donors (Lipinski definition) is 4. The molecular formula is C26H32N10O4. The van der Waals surface area contributed by atoms with E-state index in [4.69, 9.17) is 21.2 Å². The van der Waals surface area contributed by atoms with E-state index in [2.05, 4.69) is 37.8 Å². The molecule has 2 amide bonds. The van der Waals surface area contributed by atoms with Gasteiger partial charge in [0, 0.05) is 42.9 Å². The summed E-state index contributed by atoms with van der Waals surface area (Å²) in [6.45, 7) is 6.88. The van der Waals surface area contributed by atoms with Gasteiger partial charge in [0.15, 0.2) is 5.84 Å². The number of amides is 2. The Bertz CT molecular complexity index is 1460. The third kappa shape index (κ3) is 6.53. The summed E-state index contributed by atoms with van der Waals surface area (Å²) in [5.74, 6) is 5.63. The molecule has 0 saturated carbocycles. The van der Waals surface area contributed by atoms with Gasteiger partial charge < -0.3 is 25.5 Å². The van der Waals surface area contributed by atoms with E-state index in [0.717, 1.165) is 11.1 Å². The van der Waals surface area contributed by atoms with Gasteiger partial charge in [0.2, 0.25) is 0 Å². The van der Waals surface area contributed by atoms with Gasteiger partial charge in [-0.2, -0.15) is 5.10 Å². The fourth-order valence-electron chi connectivity index (χ4n) is 4.16. The molecule has 1 aliphatic heterocycles. The summed E-state index contributed by atoms with van der Waals surface area (Å²) < 4.78 is 6.42. The van der Waals surface area contributed by atoms with Crippen molar-refractivity contribution >= 4 is 41.7 Å². The Morgan fingerprint density at radius 1 is 1.25 bits per heavy atom. The summed E-state index contributed by atoms with van der Waals surface area (Å²) in [7, 11) is 1.35. The number of nitrogens with one attached hydrogen (secondary N) is 2. The van der Waals surface area contributed by atoms with Crippen LogP contribution < -0.4 is 22.4 Å². The Labute approximate surface area is 230 Å². The van der Waals surface area contributed by atoms with Gasteiger partial charge in [-0.25, -0.2) is 26.1 Å². The summed E-state index contributed by atoms with van der Waals surface area (Å²) in [6.07, 6.45) is 4.12. The van der Waals surface area contributed by atoms with Crippen molar-refractivity contribution in [3.8, 4) is 0 Å². The molecule has 0 spiro atoms. The first kappa shape index (κ1) is 28.0. The first-order valence-electron chi connectivity index (χ1n) is 12.5. The van der Waals surface area contributed by atoms with Crippen LogP contribution in [0.2, 0.25) is 0 Å². The van der Waals surface area contributed by atoms with Crippen molar-refractivity contribution < 1.29 is 19.2 Å². The number of ether oxygens (including phenoxy) is 1. The molecule has 1 fully saturated rings. The van der Waals surface area contributed by atoms with Crippen molar-refractivity contribution in [2.45, 2.75) is 19.8 Å². The number of hydrazine groups is 1. The van der Waals surface area contributed by atoms with Crippen molar-refractivity contribution in [3.63, 3.8) is 0 Å². The number of aliphatic imine (C=N–C) groups is 1. The zero-order valence-corrected chi connectivity index (χ0v) is 22.3. The van der Waals surface area contributed by atoms with Gasteiger partial charge in [0.05, 0.1) is 13.3 Å². The number of oxime groups is 1. The van der Waals surface area contributed by atoms with E-state index in [9.17, 15) is 9.59 Å². The van der Waals surface area contributed by atoms with Crippen LogP contribution in [0.5, 0.6) is 0 Å². The number of fused-ring (bicyclic) bond motifs is 1. The second-order valence-electron chi connectivity index (χ2n) is 9.23. The zero-order chi connectivity index (χ0) is 28.6. The minimum absolute atomic E-state index is 0.154. The maximum Gasteiger partial charge on any atom is 0.409 e. The molecule has 2 aromatic heterocycles. The fraction of sp³-hybridized carbons (Fsp3) is 0.308. The van der Waals surface area contributed by atoms with E-state index in [0.29, 0.717) is 61.0 Å². The second-order valence-corrected chi connectivity index (χ2v) is 9.23. The third-order valence-corrected chi connectivity index (χ3v) is 6.42. The number of benzene rings is 1. The SMILES string of the molecule is C=N/C(=N\OCC1CN(C(=O)OC)C1)c1ccc(C)c(NC(=O)c2cnc3ccc(CC/C(N)=N/NN)cn23)c1. The van der Waals surface area contributed by atoms with E-state index in [1.807, 2.05) is 37.4 Å². The number of aromatic nitrogens is 2. The second kappa shape index (κ2) is 12.7. The number of nitrogens with two attached hydrogens (primary N) is 2. The van der Waals surface area contributed by atoms with Gasteiger partial charge in [-0.15, -0.1) is 0 Å². The Morgan fingerprint density at radius 2 is 2.05 bits per heavy atom. The number of hydrogen-bond acceptors (Lipinski definition) is 9. The summed E-state index contributed by atoms with van der Waals surface area (Å²) in [5.41, 5.74) is 12.0. The molecule has 14 nitrogen and oxygen atoms in total. The van der Waals surface area contributed by atoms with Crippen LogP contribution in [0.4, 0.5) is 10.5 Å². The Kier molecular flexibility index (Phi) is 8.91. The number of nitrogens with zero attached hydrogens (tertiary/aromatic N) is 6. The van der Waals surface area contributed by atoms with Gasteiger partial charge in [-0.05, 0) is 43.3 Å². The van der Waals surface area contributed by atoms with Crippen molar-refractivity contribution in [1.29, 1.82) is 0 Å². The molecule has 1 aliphatic rings. The van der Waals surface area contributed by atoms with Crippen molar-refractivity contribution in [2.75, 3.05) is 32.1 Å². The fourth-order valence-corrected chi connectivity index (χ4v) is 4.16. The van der Waals surface area contributed by atoms with Crippen molar-refractivity contribution in [2.24, 2.45) is 32.7 Å². The lowest BCUT2D eigenvalue weighted by Gasteiger charge is -2.36. The van der Waals surface area contributed by atoms with Crippen LogP contribution in [0.1, 0.15) is 33.6 Å². The van der Waals surface area contributed by atoms with Crippen LogP contribution in [-0.4, -0.2) is 71.5 Å². The smallest absolute Gasteiger partial charge is 0.409 e. The van der Waals surface area contributed by atoms with Gasteiger partial charge in [0.25, 0.3) is 5.91 Å². The summed E-state index contributed by atoms with van der Waals surface area (Å²) in [6, 6.07) is 9.18. The lowest BCUT2D eigenvalue weighted by atomic mass is 10.0. The van der Waals surface area contributed by atoms with E-state index in [-0.39, 0.29) is 23.8 Å². The van der Waals surface area contributed by atoms with Gasteiger partial charge >= 0.3 is 6.09 Å². The number of carbonyl (C=O) groups excluding carboxylic acids is 2. The molecule has 4 rings (SSSR count). The molecule has 210 valence electrons. The van der Waals surface area contributed by atoms with Crippen LogP contribution in [0.25, 0.3) is 5.65 Å². The van der Waals surface area contributed by atoms with Gasteiger partial charge in [-0.1, -0.05) is 23.4 Å². The summed E-state index contributed by atoms with van der Waals surface area (Å²) in [5, 5.41) is 10.8. The maximum absolute atomic E-state index is 13.3. The number of carbonyl (C=O) groups is 2. The molecule has 0 unspecified atom stereocenters. The molecule has 6 N–H and O–H groups in total. The highest BCUT2D eigenvalue weighted by Gasteiger charge is 2.31. The number of pyridine rings is 1. The molecule has 14 heteroatoms. The number of aryl methyl sites for hydroxylation is 2. The predicted octanol–water partition coefficient (Wildman–Crippen LogP) is 1.64. The maximum atomic E-state index is 13.3. The minimum atomic E-state index is -0.358. The number of rotatable bonds is 10. The monoisotopic (exact) mass is 548 g/mol. The lowest BCUT2D eigenvalue weighted by molar-refractivity contribution is 0.0163. The van der Waals surface area contributed by atoms with Crippen LogP contribution in [0, 0.1) is 12.8 Å². The Balaban J connectivity index is 1.44. The number of hydrazone groups is 1. The molecule has 1 aromatic carbocycles. The molecule has 0 bridgehead atoms. The van der Waals surface area contributed by atoms with Crippen LogP contribution >= 0.6 is 0 Å². The average molecular weight is 549 g/mol. The van der Waals surface area contributed by atoms with Crippen molar-refractivity contribution in [1.82, 2.24) is 19.8 Å². The summed E-state index contributed by atoms with van der Waals surface area (Å²) in [4.78, 5) is 40.1. The lowest BCUT2D eigenvalue weighted by Crippen LogP contribution is -2.51. The van der Waals surface area contributed by atoms with Crippen LogP contribution in [-0.2, 0) is 16.0 Å². The molecule has 1 saturated heterocycles. The number of imidazole rings is 1. The standard InChI is InChI=1S/C26H32N10O4/c1-16-4-7-19(24(29-2)33-40-15-18-12-35(13-18)26(38)39-3)10-20(16)31-25(37)21-11-30-23-9-6-17(14-36(21)23)5-8-22(27)32-34-28/h4,6-7,9-11,14,18,34H,2,5,8,12-13,15,28H2,1,3H3,(H2,27,32)(H,31,37)/b33-24-. The quantitative estimate of drug-likeness (QED) is 0.127. The topological polar surface area (TPSA) is 186 Å². The molecule has 0 atom stereocenters.